The van der Waals surface area contributed by atoms with Crippen molar-refractivity contribution in [3.05, 3.63) is 72.3 Å². The molecule has 0 fully saturated rings. The summed E-state index contributed by atoms with van der Waals surface area (Å²) in [6, 6.07) is 12.9. The number of aryl methyl sites for hydroxylation is 1. The minimum Gasteiger partial charge on any atom is -0.423 e. The molecule has 0 saturated heterocycles. The molecule has 140 valence electrons. The number of carbonyl (C=O) groups is 2. The minimum absolute atomic E-state index is 0.351. The predicted octanol–water partition coefficient (Wildman–Crippen LogP) is 5.27. The molecule has 2 aromatic rings. The van der Waals surface area contributed by atoms with Crippen LogP contribution in [0.3, 0.4) is 0 Å². The van der Waals surface area contributed by atoms with Gasteiger partial charge in [-0.3, -0.25) is 0 Å². The fraction of sp³-hybridized carbons (Fsp3) is 0.217. The normalized spacial score (nSPS) is 10.2. The SMILES string of the molecule is C=C(C)C(=O)Oc1ccc(-c2ccc(OC(=O)C(=C)C)cc2CCC)cc1. The van der Waals surface area contributed by atoms with Crippen molar-refractivity contribution in [2.75, 3.05) is 0 Å². The third kappa shape index (κ3) is 5.42. The van der Waals surface area contributed by atoms with Crippen LogP contribution in [-0.2, 0) is 16.0 Å². The Bertz CT molecular complexity index is 876. The van der Waals surface area contributed by atoms with Gasteiger partial charge in [0.2, 0.25) is 0 Å². The summed E-state index contributed by atoms with van der Waals surface area (Å²) in [6.07, 6.45) is 1.80. The second-order valence-corrected chi connectivity index (χ2v) is 6.43. The maximum absolute atomic E-state index is 11.7. The summed E-state index contributed by atoms with van der Waals surface area (Å²) in [5.41, 5.74) is 3.83. The number of ether oxygens (including phenoxy) is 2. The van der Waals surface area contributed by atoms with Crippen molar-refractivity contribution in [3.8, 4) is 22.6 Å². The van der Waals surface area contributed by atoms with Crippen molar-refractivity contribution in [2.24, 2.45) is 0 Å². The highest BCUT2D eigenvalue weighted by molar-refractivity contribution is 5.89. The first-order valence-electron chi connectivity index (χ1n) is 8.80. The lowest BCUT2D eigenvalue weighted by atomic mass is 9.96. The van der Waals surface area contributed by atoms with Crippen LogP contribution in [0.2, 0.25) is 0 Å². The van der Waals surface area contributed by atoms with Crippen LogP contribution in [0, 0.1) is 0 Å². The van der Waals surface area contributed by atoms with Crippen LogP contribution in [0.15, 0.2) is 66.8 Å². The molecule has 2 rings (SSSR count). The molecule has 4 heteroatoms. The summed E-state index contributed by atoms with van der Waals surface area (Å²) in [4.78, 5) is 23.4. The van der Waals surface area contributed by atoms with Crippen LogP contribution in [0.5, 0.6) is 11.5 Å². The van der Waals surface area contributed by atoms with Gasteiger partial charge in [0.05, 0.1) is 0 Å². The van der Waals surface area contributed by atoms with Crippen LogP contribution < -0.4 is 9.47 Å². The van der Waals surface area contributed by atoms with Crippen molar-refractivity contribution >= 4 is 11.9 Å². The zero-order valence-corrected chi connectivity index (χ0v) is 16.0. The fourth-order valence-electron chi connectivity index (χ4n) is 2.48. The molecular formula is C23H24O4. The molecule has 0 unspecified atom stereocenters. The summed E-state index contributed by atoms with van der Waals surface area (Å²) >= 11 is 0. The first-order valence-corrected chi connectivity index (χ1v) is 8.80. The largest absolute Gasteiger partial charge is 0.423 e. The average molecular weight is 364 g/mol. The molecule has 0 bridgehead atoms. The molecule has 0 aliphatic heterocycles. The molecule has 27 heavy (non-hydrogen) atoms. The Hall–Kier alpha value is -3.14. The average Bonchev–Trinajstić information content (AvgIpc) is 2.63. The van der Waals surface area contributed by atoms with Gasteiger partial charge in [-0.1, -0.05) is 44.7 Å². The molecule has 0 N–H and O–H groups in total. The monoisotopic (exact) mass is 364 g/mol. The Morgan fingerprint density at radius 2 is 1.37 bits per heavy atom. The van der Waals surface area contributed by atoms with Gasteiger partial charge in [-0.05, 0) is 61.2 Å². The van der Waals surface area contributed by atoms with Gasteiger partial charge in [0.15, 0.2) is 0 Å². The molecular weight excluding hydrogens is 340 g/mol. The molecule has 0 aliphatic rings. The van der Waals surface area contributed by atoms with E-state index in [0.29, 0.717) is 22.6 Å². The highest BCUT2D eigenvalue weighted by Crippen LogP contribution is 2.30. The summed E-state index contributed by atoms with van der Waals surface area (Å²) < 4.78 is 10.6. The van der Waals surface area contributed by atoms with E-state index >= 15 is 0 Å². The van der Waals surface area contributed by atoms with E-state index in [-0.39, 0.29) is 0 Å². The number of esters is 2. The lowest BCUT2D eigenvalue weighted by Crippen LogP contribution is -2.08. The van der Waals surface area contributed by atoms with E-state index in [4.69, 9.17) is 9.47 Å². The van der Waals surface area contributed by atoms with Crippen molar-refractivity contribution in [1.29, 1.82) is 0 Å². The Labute approximate surface area is 160 Å². The Balaban J connectivity index is 2.28. The molecule has 0 spiro atoms. The zero-order valence-electron chi connectivity index (χ0n) is 16.0. The number of hydrogen-bond donors (Lipinski definition) is 0. The lowest BCUT2D eigenvalue weighted by molar-refractivity contribution is -0.130. The Kier molecular flexibility index (Phi) is 6.72. The van der Waals surface area contributed by atoms with E-state index in [1.54, 1.807) is 32.0 Å². The van der Waals surface area contributed by atoms with Crippen molar-refractivity contribution in [3.63, 3.8) is 0 Å². The molecule has 4 nitrogen and oxygen atoms in total. The van der Waals surface area contributed by atoms with Gasteiger partial charge >= 0.3 is 11.9 Å². The molecule has 0 radical (unpaired) electrons. The molecule has 0 heterocycles. The Morgan fingerprint density at radius 1 is 0.852 bits per heavy atom. The summed E-state index contributed by atoms with van der Waals surface area (Å²) in [7, 11) is 0. The third-order valence-corrected chi connectivity index (χ3v) is 3.88. The topological polar surface area (TPSA) is 52.6 Å². The van der Waals surface area contributed by atoms with Gasteiger partial charge in [-0.25, -0.2) is 9.59 Å². The molecule has 2 aromatic carbocycles. The van der Waals surface area contributed by atoms with E-state index in [9.17, 15) is 9.59 Å². The van der Waals surface area contributed by atoms with Crippen LogP contribution in [0.4, 0.5) is 0 Å². The predicted molar refractivity (Wildman–Crippen MR) is 107 cm³/mol. The van der Waals surface area contributed by atoms with Gasteiger partial charge in [0.1, 0.15) is 11.5 Å². The minimum atomic E-state index is -0.446. The lowest BCUT2D eigenvalue weighted by Gasteiger charge is -2.13. The second kappa shape index (κ2) is 8.99. The highest BCUT2D eigenvalue weighted by atomic mass is 16.5. The first-order chi connectivity index (χ1) is 12.8. The van der Waals surface area contributed by atoms with Crippen LogP contribution in [0.1, 0.15) is 32.8 Å². The zero-order chi connectivity index (χ0) is 20.0. The molecule has 0 aromatic heterocycles. The Morgan fingerprint density at radius 3 is 1.89 bits per heavy atom. The molecule has 0 saturated carbocycles. The standard InChI is InChI=1S/C23H24O4/c1-6-7-18-14-20(27-23(25)16(4)5)12-13-21(18)17-8-10-19(11-9-17)26-22(24)15(2)3/h8-14H,2,4,6-7H2,1,3,5H3. The van der Waals surface area contributed by atoms with Gasteiger partial charge in [-0.2, -0.15) is 0 Å². The quantitative estimate of drug-likeness (QED) is 0.381. The number of benzene rings is 2. The smallest absolute Gasteiger partial charge is 0.338 e. The number of rotatable bonds is 7. The van der Waals surface area contributed by atoms with Gasteiger partial charge in [0, 0.05) is 11.1 Å². The molecule has 0 aliphatic carbocycles. The van der Waals surface area contributed by atoms with Crippen LogP contribution in [0.25, 0.3) is 11.1 Å². The van der Waals surface area contributed by atoms with Crippen LogP contribution >= 0.6 is 0 Å². The second-order valence-electron chi connectivity index (χ2n) is 6.43. The maximum atomic E-state index is 11.7. The van der Waals surface area contributed by atoms with Crippen LogP contribution in [-0.4, -0.2) is 11.9 Å². The van der Waals surface area contributed by atoms with E-state index in [2.05, 4.69) is 20.1 Å². The van der Waals surface area contributed by atoms with E-state index < -0.39 is 11.9 Å². The van der Waals surface area contributed by atoms with Gasteiger partial charge in [-0.15, -0.1) is 0 Å². The third-order valence-electron chi connectivity index (χ3n) is 3.88. The maximum Gasteiger partial charge on any atom is 0.338 e. The summed E-state index contributed by atoms with van der Waals surface area (Å²) in [5.74, 6) is 0.0880. The van der Waals surface area contributed by atoms with Crippen molar-refractivity contribution < 1.29 is 19.1 Å². The van der Waals surface area contributed by atoms with Crippen molar-refractivity contribution in [1.82, 2.24) is 0 Å². The fourth-order valence-corrected chi connectivity index (χ4v) is 2.48. The van der Waals surface area contributed by atoms with Gasteiger partial charge in [0.25, 0.3) is 0 Å². The molecule has 0 amide bonds. The van der Waals surface area contributed by atoms with Gasteiger partial charge < -0.3 is 9.47 Å². The molecule has 0 atom stereocenters. The van der Waals surface area contributed by atoms with E-state index in [0.717, 1.165) is 29.5 Å². The van der Waals surface area contributed by atoms with E-state index in [1.165, 1.54) is 0 Å². The number of hydrogen-bond acceptors (Lipinski definition) is 4. The number of carbonyl (C=O) groups excluding carboxylic acids is 2. The highest BCUT2D eigenvalue weighted by Gasteiger charge is 2.11. The summed E-state index contributed by atoms with van der Waals surface area (Å²) in [5, 5.41) is 0. The van der Waals surface area contributed by atoms with E-state index in [1.807, 2.05) is 24.3 Å². The first kappa shape index (κ1) is 20.2. The van der Waals surface area contributed by atoms with Crippen molar-refractivity contribution in [2.45, 2.75) is 33.6 Å². The summed E-state index contributed by atoms with van der Waals surface area (Å²) in [6.45, 7) is 12.5.